The summed E-state index contributed by atoms with van der Waals surface area (Å²) in [5, 5.41) is 6.02. The number of nitrogens with one attached hydrogen (secondary N) is 2. The molecular formula is C25H31N3O2. The molecule has 1 aliphatic carbocycles. The average Bonchev–Trinajstić information content (AvgIpc) is 2.81. The van der Waals surface area contributed by atoms with Gasteiger partial charge in [0.1, 0.15) is 0 Å². The highest BCUT2D eigenvalue weighted by molar-refractivity contribution is 6.10. The Morgan fingerprint density at radius 1 is 0.800 bits per heavy atom. The molecule has 2 aliphatic rings. The van der Waals surface area contributed by atoms with Gasteiger partial charge < -0.3 is 15.5 Å². The molecule has 2 fully saturated rings. The lowest BCUT2D eigenvalue weighted by atomic mass is 9.88. The summed E-state index contributed by atoms with van der Waals surface area (Å²) >= 11 is 0. The van der Waals surface area contributed by atoms with Crippen molar-refractivity contribution >= 4 is 28.9 Å². The lowest BCUT2D eigenvalue weighted by Crippen LogP contribution is -2.29. The van der Waals surface area contributed by atoms with Crippen LogP contribution in [0.3, 0.4) is 0 Å². The summed E-state index contributed by atoms with van der Waals surface area (Å²) in [6.45, 7) is 2.13. The van der Waals surface area contributed by atoms with Crippen molar-refractivity contribution in [3.05, 3.63) is 54.1 Å². The molecule has 5 nitrogen and oxygen atoms in total. The molecule has 2 N–H and O–H groups in total. The zero-order valence-electron chi connectivity index (χ0n) is 17.5. The standard InChI is InChI=1S/C25H31N3O2/c29-24(19-10-3-1-4-11-19)27-23-15-6-5-14-22(23)25(30)26-20-12-9-13-21(18-20)28-16-7-2-8-17-28/h5-6,9,12-15,18-19H,1-4,7-8,10-11,16-17H2,(H,26,30)(H,27,29). The van der Waals surface area contributed by atoms with Crippen LogP contribution in [0.5, 0.6) is 0 Å². The third-order valence-corrected chi connectivity index (χ3v) is 6.23. The van der Waals surface area contributed by atoms with Gasteiger partial charge in [-0.05, 0) is 62.4 Å². The fourth-order valence-corrected chi connectivity index (χ4v) is 4.52. The van der Waals surface area contributed by atoms with Crippen LogP contribution in [0.1, 0.15) is 61.7 Å². The second kappa shape index (κ2) is 9.79. The smallest absolute Gasteiger partial charge is 0.257 e. The summed E-state index contributed by atoms with van der Waals surface area (Å²) in [5.41, 5.74) is 2.99. The van der Waals surface area contributed by atoms with Gasteiger partial charge in [-0.25, -0.2) is 0 Å². The van der Waals surface area contributed by atoms with Gasteiger partial charge in [-0.15, -0.1) is 0 Å². The summed E-state index contributed by atoms with van der Waals surface area (Å²) in [7, 11) is 0. The van der Waals surface area contributed by atoms with E-state index in [-0.39, 0.29) is 17.7 Å². The Kier molecular flexibility index (Phi) is 6.67. The van der Waals surface area contributed by atoms with E-state index in [1.807, 2.05) is 30.3 Å². The monoisotopic (exact) mass is 405 g/mol. The van der Waals surface area contributed by atoms with E-state index in [4.69, 9.17) is 0 Å². The predicted octanol–water partition coefficient (Wildman–Crippen LogP) is 5.45. The molecule has 2 aromatic rings. The Morgan fingerprint density at radius 2 is 1.53 bits per heavy atom. The number of amides is 2. The minimum absolute atomic E-state index is 0.0297. The van der Waals surface area contributed by atoms with Crippen LogP contribution in [0.4, 0.5) is 17.1 Å². The Balaban J connectivity index is 1.45. The predicted molar refractivity (Wildman–Crippen MR) is 122 cm³/mol. The lowest BCUT2D eigenvalue weighted by Gasteiger charge is -2.29. The van der Waals surface area contributed by atoms with E-state index in [2.05, 4.69) is 21.6 Å². The molecule has 0 aromatic heterocycles. The maximum absolute atomic E-state index is 13.0. The van der Waals surface area contributed by atoms with E-state index in [9.17, 15) is 9.59 Å². The van der Waals surface area contributed by atoms with Crippen LogP contribution < -0.4 is 15.5 Å². The van der Waals surface area contributed by atoms with Crippen molar-refractivity contribution in [2.75, 3.05) is 28.6 Å². The van der Waals surface area contributed by atoms with Gasteiger partial charge >= 0.3 is 0 Å². The van der Waals surface area contributed by atoms with Gasteiger partial charge in [-0.3, -0.25) is 9.59 Å². The molecule has 2 aromatic carbocycles. The van der Waals surface area contributed by atoms with Gasteiger partial charge in [0.2, 0.25) is 5.91 Å². The Hall–Kier alpha value is -2.82. The van der Waals surface area contributed by atoms with Crippen molar-refractivity contribution in [2.45, 2.75) is 51.4 Å². The lowest BCUT2D eigenvalue weighted by molar-refractivity contribution is -0.120. The SMILES string of the molecule is O=C(Nc1cccc(N2CCCCC2)c1)c1ccccc1NC(=O)C1CCCCC1. The van der Waals surface area contributed by atoms with E-state index in [1.54, 1.807) is 12.1 Å². The molecule has 1 saturated carbocycles. The molecule has 1 aliphatic heterocycles. The second-order valence-corrected chi connectivity index (χ2v) is 8.42. The molecule has 2 amide bonds. The summed E-state index contributed by atoms with van der Waals surface area (Å²) in [4.78, 5) is 28.0. The van der Waals surface area contributed by atoms with Crippen molar-refractivity contribution in [1.82, 2.24) is 0 Å². The molecule has 0 atom stereocenters. The first-order chi connectivity index (χ1) is 14.7. The van der Waals surface area contributed by atoms with E-state index < -0.39 is 0 Å². The number of carbonyl (C=O) groups excluding carboxylic acids is 2. The fourth-order valence-electron chi connectivity index (χ4n) is 4.52. The first kappa shape index (κ1) is 20.5. The first-order valence-corrected chi connectivity index (χ1v) is 11.3. The Morgan fingerprint density at radius 3 is 2.33 bits per heavy atom. The fraction of sp³-hybridized carbons (Fsp3) is 0.440. The zero-order chi connectivity index (χ0) is 20.8. The van der Waals surface area contributed by atoms with Crippen molar-refractivity contribution < 1.29 is 9.59 Å². The number of rotatable bonds is 5. The van der Waals surface area contributed by atoms with Crippen molar-refractivity contribution in [3.8, 4) is 0 Å². The van der Waals surface area contributed by atoms with Gasteiger partial charge in [0.15, 0.2) is 0 Å². The second-order valence-electron chi connectivity index (χ2n) is 8.42. The number of anilines is 3. The van der Waals surface area contributed by atoms with Crippen LogP contribution in [0.25, 0.3) is 0 Å². The maximum Gasteiger partial charge on any atom is 0.257 e. The van der Waals surface area contributed by atoms with Gasteiger partial charge in [0, 0.05) is 30.4 Å². The molecule has 30 heavy (non-hydrogen) atoms. The van der Waals surface area contributed by atoms with Gasteiger partial charge in [0.25, 0.3) is 5.91 Å². The van der Waals surface area contributed by atoms with Crippen LogP contribution in [-0.2, 0) is 4.79 Å². The number of para-hydroxylation sites is 1. The minimum Gasteiger partial charge on any atom is -0.371 e. The van der Waals surface area contributed by atoms with Crippen molar-refractivity contribution in [2.24, 2.45) is 5.92 Å². The third kappa shape index (κ3) is 5.02. The highest BCUT2D eigenvalue weighted by atomic mass is 16.2. The summed E-state index contributed by atoms with van der Waals surface area (Å²) in [6.07, 6.45) is 9.00. The molecule has 1 heterocycles. The van der Waals surface area contributed by atoms with E-state index in [1.165, 1.54) is 25.7 Å². The van der Waals surface area contributed by atoms with Gasteiger partial charge in [-0.2, -0.15) is 0 Å². The van der Waals surface area contributed by atoms with Crippen molar-refractivity contribution in [1.29, 1.82) is 0 Å². The first-order valence-electron chi connectivity index (χ1n) is 11.3. The largest absolute Gasteiger partial charge is 0.371 e. The molecule has 4 rings (SSSR count). The van der Waals surface area contributed by atoms with Crippen LogP contribution in [-0.4, -0.2) is 24.9 Å². The third-order valence-electron chi connectivity index (χ3n) is 6.23. The molecule has 0 radical (unpaired) electrons. The highest BCUT2D eigenvalue weighted by Gasteiger charge is 2.22. The van der Waals surface area contributed by atoms with Gasteiger partial charge in [-0.1, -0.05) is 37.5 Å². The maximum atomic E-state index is 13.0. The minimum atomic E-state index is -0.203. The molecule has 1 saturated heterocycles. The van der Waals surface area contributed by atoms with Crippen LogP contribution in [0.15, 0.2) is 48.5 Å². The number of nitrogens with zero attached hydrogens (tertiary/aromatic N) is 1. The molecule has 5 heteroatoms. The zero-order valence-corrected chi connectivity index (χ0v) is 17.5. The van der Waals surface area contributed by atoms with Crippen LogP contribution >= 0.6 is 0 Å². The van der Waals surface area contributed by atoms with E-state index in [0.29, 0.717) is 11.3 Å². The van der Waals surface area contributed by atoms with Crippen molar-refractivity contribution in [3.63, 3.8) is 0 Å². The summed E-state index contributed by atoms with van der Waals surface area (Å²) in [6, 6.07) is 15.3. The molecule has 0 unspecified atom stereocenters. The highest BCUT2D eigenvalue weighted by Crippen LogP contribution is 2.27. The quantitative estimate of drug-likeness (QED) is 0.695. The average molecular weight is 406 g/mol. The number of benzene rings is 2. The number of piperidine rings is 1. The normalized spacial score (nSPS) is 17.4. The van der Waals surface area contributed by atoms with Crippen LogP contribution in [0.2, 0.25) is 0 Å². The number of hydrogen-bond acceptors (Lipinski definition) is 3. The van der Waals surface area contributed by atoms with E-state index in [0.717, 1.165) is 50.1 Å². The summed E-state index contributed by atoms with van der Waals surface area (Å²) in [5.74, 6) is -0.122. The van der Waals surface area contributed by atoms with Crippen LogP contribution in [0, 0.1) is 5.92 Å². The number of carbonyl (C=O) groups is 2. The topological polar surface area (TPSA) is 61.4 Å². The van der Waals surface area contributed by atoms with Gasteiger partial charge in [0.05, 0.1) is 11.3 Å². The Labute approximate surface area is 178 Å². The molecular weight excluding hydrogens is 374 g/mol. The van der Waals surface area contributed by atoms with E-state index >= 15 is 0 Å². The Bertz CT molecular complexity index is 883. The molecule has 0 spiro atoms. The summed E-state index contributed by atoms with van der Waals surface area (Å²) < 4.78 is 0. The molecule has 0 bridgehead atoms. The number of hydrogen-bond donors (Lipinski definition) is 2. The molecule has 158 valence electrons.